The Balaban J connectivity index is 1.79. The van der Waals surface area contributed by atoms with Crippen LogP contribution in [-0.2, 0) is 35.1 Å². The molecule has 1 aliphatic rings. The van der Waals surface area contributed by atoms with Crippen molar-refractivity contribution < 1.29 is 28.7 Å². The van der Waals surface area contributed by atoms with Gasteiger partial charge in [0.15, 0.2) is 0 Å². The molecule has 2 aromatic rings. The summed E-state index contributed by atoms with van der Waals surface area (Å²) in [4.78, 5) is 63.6. The van der Waals surface area contributed by atoms with Crippen molar-refractivity contribution in [1.29, 1.82) is 0 Å². The van der Waals surface area contributed by atoms with Gasteiger partial charge in [-0.25, -0.2) is 4.98 Å². The summed E-state index contributed by atoms with van der Waals surface area (Å²) in [5.41, 5.74) is 7.59. The van der Waals surface area contributed by atoms with E-state index in [1.165, 1.54) is 11.3 Å². The van der Waals surface area contributed by atoms with Crippen LogP contribution in [0.1, 0.15) is 90.8 Å². The second-order valence-electron chi connectivity index (χ2n) is 15.7. The van der Waals surface area contributed by atoms with E-state index in [9.17, 15) is 19.2 Å². The largest absolute Gasteiger partial charge is 0.399 e. The van der Waals surface area contributed by atoms with Gasteiger partial charge < -0.3 is 41.0 Å². The summed E-state index contributed by atoms with van der Waals surface area (Å²) in [6.45, 7) is 14.2. The number of hydrogen-bond donors (Lipinski definition) is 4. The fraction of sp³-hybridized carbons (Fsp3) is 0.683. The first-order valence-electron chi connectivity index (χ1n) is 19.7. The van der Waals surface area contributed by atoms with Gasteiger partial charge >= 0.3 is 0 Å². The van der Waals surface area contributed by atoms with Crippen molar-refractivity contribution >= 4 is 40.7 Å². The Morgan fingerprint density at radius 1 is 0.982 bits per heavy atom. The van der Waals surface area contributed by atoms with E-state index in [1.54, 1.807) is 39.4 Å². The number of benzene rings is 1. The SMILES string of the molecule is CC[C@H](C)[C@@H]([C@@H](CC(=O)N1CCC[C@H]1[C@H](OC)[C@@H](C)C(=O)N[C@@H](Cc1ccc(N)cc1)c1nccs1)OC)N(C)C(=O)[C@@H](NC(=O)[C@@H](NC)C(C)C)C(C)C. The third-order valence-electron chi connectivity index (χ3n) is 11.2. The van der Waals surface area contributed by atoms with Gasteiger partial charge in [-0.3, -0.25) is 19.2 Å². The van der Waals surface area contributed by atoms with Crippen LogP contribution in [0.25, 0.3) is 0 Å². The van der Waals surface area contributed by atoms with E-state index in [1.807, 2.05) is 76.1 Å². The number of methoxy groups -OCH3 is 2. The Labute approximate surface area is 332 Å². The van der Waals surface area contributed by atoms with Crippen LogP contribution in [0.2, 0.25) is 0 Å². The maximum atomic E-state index is 14.3. The summed E-state index contributed by atoms with van der Waals surface area (Å²) in [5.74, 6) is -1.49. The number of nitrogens with two attached hydrogens (primary N) is 1. The van der Waals surface area contributed by atoms with Gasteiger partial charge in [0.05, 0.1) is 48.7 Å². The Kier molecular flexibility index (Phi) is 18.0. The molecule has 0 saturated carbocycles. The fourth-order valence-electron chi connectivity index (χ4n) is 7.85. The third-order valence-corrected chi connectivity index (χ3v) is 12.1. The van der Waals surface area contributed by atoms with Crippen LogP contribution in [-0.4, -0.2) is 110 Å². The molecule has 3 rings (SSSR count). The van der Waals surface area contributed by atoms with E-state index in [4.69, 9.17) is 15.2 Å². The highest BCUT2D eigenvalue weighted by molar-refractivity contribution is 7.09. The molecule has 308 valence electrons. The number of thiazole rings is 1. The maximum absolute atomic E-state index is 14.3. The van der Waals surface area contributed by atoms with E-state index in [-0.39, 0.29) is 59.9 Å². The summed E-state index contributed by atoms with van der Waals surface area (Å²) >= 11 is 1.48. The molecule has 0 radical (unpaired) electrons. The molecule has 0 bridgehead atoms. The molecule has 5 N–H and O–H groups in total. The summed E-state index contributed by atoms with van der Waals surface area (Å²) in [5, 5.41) is 12.0. The van der Waals surface area contributed by atoms with Crippen LogP contribution >= 0.6 is 11.3 Å². The van der Waals surface area contributed by atoms with Crippen LogP contribution in [0, 0.1) is 23.7 Å². The third kappa shape index (κ3) is 12.0. The number of nitrogens with zero attached hydrogens (tertiary/aromatic N) is 3. The van der Waals surface area contributed by atoms with Gasteiger partial charge in [0.1, 0.15) is 11.0 Å². The quantitative estimate of drug-likeness (QED) is 0.134. The molecule has 1 fully saturated rings. The number of rotatable bonds is 21. The van der Waals surface area contributed by atoms with Crippen molar-refractivity contribution in [2.45, 2.75) is 123 Å². The summed E-state index contributed by atoms with van der Waals surface area (Å²) in [7, 11) is 6.63. The molecule has 4 amide bonds. The molecular formula is C41H67N7O6S. The predicted octanol–water partition coefficient (Wildman–Crippen LogP) is 4.43. The van der Waals surface area contributed by atoms with Gasteiger partial charge in [-0.15, -0.1) is 11.3 Å². The fourth-order valence-corrected chi connectivity index (χ4v) is 8.54. The number of nitrogens with one attached hydrogen (secondary N) is 3. The molecule has 2 heterocycles. The lowest BCUT2D eigenvalue weighted by atomic mass is 9.89. The molecule has 1 aliphatic heterocycles. The predicted molar refractivity (Wildman–Crippen MR) is 218 cm³/mol. The molecule has 14 heteroatoms. The number of amides is 4. The molecule has 0 unspecified atom stereocenters. The van der Waals surface area contributed by atoms with Crippen molar-refractivity contribution in [1.82, 2.24) is 30.7 Å². The Morgan fingerprint density at radius 3 is 2.16 bits per heavy atom. The number of ether oxygens (including phenoxy) is 2. The maximum Gasteiger partial charge on any atom is 0.245 e. The minimum atomic E-state index is -0.758. The molecule has 1 aromatic heterocycles. The average Bonchev–Trinajstić information content (AvgIpc) is 3.87. The first-order chi connectivity index (χ1) is 26.1. The second-order valence-corrected chi connectivity index (χ2v) is 16.6. The molecule has 1 saturated heterocycles. The smallest absolute Gasteiger partial charge is 0.245 e. The summed E-state index contributed by atoms with van der Waals surface area (Å²) < 4.78 is 12.1. The van der Waals surface area contributed by atoms with Crippen molar-refractivity contribution in [3.63, 3.8) is 0 Å². The van der Waals surface area contributed by atoms with E-state index < -0.39 is 36.3 Å². The van der Waals surface area contributed by atoms with Crippen LogP contribution in [0.3, 0.4) is 0 Å². The average molecular weight is 786 g/mol. The number of likely N-dealkylation sites (N-methyl/N-ethyl adjacent to an activating group) is 2. The van der Waals surface area contributed by atoms with Gasteiger partial charge in [-0.2, -0.15) is 0 Å². The first-order valence-corrected chi connectivity index (χ1v) is 20.6. The highest BCUT2D eigenvalue weighted by Gasteiger charge is 2.43. The van der Waals surface area contributed by atoms with Crippen LogP contribution in [0.4, 0.5) is 5.69 Å². The van der Waals surface area contributed by atoms with Gasteiger partial charge in [0.25, 0.3) is 0 Å². The highest BCUT2D eigenvalue weighted by atomic mass is 32.1. The van der Waals surface area contributed by atoms with Gasteiger partial charge in [0.2, 0.25) is 23.6 Å². The lowest BCUT2D eigenvalue weighted by Gasteiger charge is -2.41. The first kappa shape index (κ1) is 45.8. The highest BCUT2D eigenvalue weighted by Crippen LogP contribution is 2.30. The number of anilines is 1. The van der Waals surface area contributed by atoms with Crippen LogP contribution in [0.5, 0.6) is 0 Å². The van der Waals surface area contributed by atoms with Crippen LogP contribution in [0.15, 0.2) is 35.8 Å². The van der Waals surface area contributed by atoms with Gasteiger partial charge in [0, 0.05) is 45.1 Å². The number of nitrogen functional groups attached to an aromatic ring is 1. The minimum Gasteiger partial charge on any atom is -0.399 e. The number of aromatic nitrogens is 1. The molecule has 1 aromatic carbocycles. The Bertz CT molecular complexity index is 1510. The lowest BCUT2D eigenvalue weighted by Crippen LogP contribution is -2.59. The minimum absolute atomic E-state index is 0.0141. The molecule has 9 atom stereocenters. The zero-order valence-corrected chi connectivity index (χ0v) is 35.7. The van der Waals surface area contributed by atoms with Crippen molar-refractivity contribution in [3.05, 3.63) is 46.4 Å². The Morgan fingerprint density at radius 2 is 1.64 bits per heavy atom. The summed E-state index contributed by atoms with van der Waals surface area (Å²) in [6.07, 6.45) is 3.35. The number of hydrogen-bond acceptors (Lipinski definition) is 10. The number of carbonyl (C=O) groups is 4. The topological polar surface area (TPSA) is 168 Å². The van der Waals surface area contributed by atoms with Gasteiger partial charge in [-0.05, 0) is 61.8 Å². The molecule has 0 aliphatic carbocycles. The molecule has 55 heavy (non-hydrogen) atoms. The zero-order valence-electron chi connectivity index (χ0n) is 34.8. The lowest BCUT2D eigenvalue weighted by molar-refractivity contribution is -0.147. The zero-order chi connectivity index (χ0) is 41.0. The van der Waals surface area contributed by atoms with E-state index in [0.717, 1.165) is 23.4 Å². The number of carbonyl (C=O) groups excluding carboxylic acids is 4. The van der Waals surface area contributed by atoms with Gasteiger partial charge in [-0.1, -0.05) is 67.0 Å². The van der Waals surface area contributed by atoms with E-state index in [2.05, 4.69) is 27.9 Å². The van der Waals surface area contributed by atoms with E-state index >= 15 is 0 Å². The normalized spacial score (nSPS) is 18.9. The molecule has 0 spiro atoms. The van der Waals surface area contributed by atoms with Crippen molar-refractivity contribution in [2.24, 2.45) is 23.7 Å². The monoisotopic (exact) mass is 785 g/mol. The number of likely N-dealkylation sites (tertiary alicyclic amines) is 1. The van der Waals surface area contributed by atoms with E-state index in [0.29, 0.717) is 25.1 Å². The molecular weight excluding hydrogens is 719 g/mol. The Hall–Kier alpha value is -3.59. The van der Waals surface area contributed by atoms with Crippen molar-refractivity contribution in [2.75, 3.05) is 40.6 Å². The molecule has 13 nitrogen and oxygen atoms in total. The summed E-state index contributed by atoms with van der Waals surface area (Å²) in [6, 6.07) is 5.27. The van der Waals surface area contributed by atoms with Crippen molar-refractivity contribution in [3.8, 4) is 0 Å². The van der Waals surface area contributed by atoms with Crippen LogP contribution < -0.4 is 21.7 Å². The standard InChI is InChI=1S/C41H67N7O6S/c1-12-26(6)36(47(9)41(52)35(25(4)5)46-39(51)34(43-8)24(2)3)32(53-10)23-33(49)48-20-13-14-31(48)37(54-11)27(7)38(50)45-30(40-44-19-21-55-40)22-28-15-17-29(42)18-16-28/h15-19,21,24-27,30-32,34-37,43H,12-14,20,22-23,42H2,1-11H3,(H,45,50)(H,46,51)/t26-,27+,30-,31-,32+,34-,35-,36-,37+/m0/s1. The second kappa shape index (κ2) is 21.6.